The average Bonchev–Trinajstić information content (AvgIpc) is 3.11. The molecule has 108 valence electrons. The molecule has 1 atom stereocenters. The summed E-state index contributed by atoms with van der Waals surface area (Å²) < 4.78 is 5.68. The second-order valence-electron chi connectivity index (χ2n) is 5.02. The summed E-state index contributed by atoms with van der Waals surface area (Å²) in [6.07, 6.45) is 4.23. The van der Waals surface area contributed by atoms with Crippen molar-refractivity contribution in [2.45, 2.75) is 38.6 Å². The zero-order valence-corrected chi connectivity index (χ0v) is 13.3. The zero-order valence-electron chi connectivity index (χ0n) is 11.0. The molecule has 0 aromatic heterocycles. The lowest BCUT2D eigenvalue weighted by Gasteiger charge is -2.13. The van der Waals surface area contributed by atoms with Crippen molar-refractivity contribution >= 4 is 35.6 Å². The van der Waals surface area contributed by atoms with Crippen molar-refractivity contribution in [2.75, 3.05) is 6.61 Å². The van der Waals surface area contributed by atoms with Gasteiger partial charge in [0.15, 0.2) is 5.75 Å². The second-order valence-corrected chi connectivity index (χ2v) is 5.83. The maximum Gasteiger partial charge on any atom is 0.156 e. The quantitative estimate of drug-likeness (QED) is 0.837. The Kier molecular flexibility index (Phi) is 6.75. The Morgan fingerprint density at radius 2 is 1.89 bits per heavy atom. The van der Waals surface area contributed by atoms with Crippen molar-refractivity contribution < 1.29 is 4.74 Å². The van der Waals surface area contributed by atoms with E-state index in [1.165, 1.54) is 12.8 Å². The maximum absolute atomic E-state index is 6.21. The molecular formula is C14H20Cl3NO. The minimum Gasteiger partial charge on any atom is -0.490 e. The predicted octanol–water partition coefficient (Wildman–Crippen LogP) is 4.48. The van der Waals surface area contributed by atoms with Crippen molar-refractivity contribution in [3.63, 3.8) is 0 Å². The van der Waals surface area contributed by atoms with Gasteiger partial charge in [-0.2, -0.15) is 0 Å². The summed E-state index contributed by atoms with van der Waals surface area (Å²) in [4.78, 5) is 0. The van der Waals surface area contributed by atoms with Crippen molar-refractivity contribution in [3.8, 4) is 5.75 Å². The van der Waals surface area contributed by atoms with Crippen molar-refractivity contribution in [3.05, 3.63) is 27.7 Å². The van der Waals surface area contributed by atoms with Gasteiger partial charge in [0.2, 0.25) is 0 Å². The van der Waals surface area contributed by atoms with Gasteiger partial charge in [-0.05, 0) is 49.3 Å². The fourth-order valence-electron chi connectivity index (χ4n) is 1.80. The van der Waals surface area contributed by atoms with E-state index in [0.29, 0.717) is 28.3 Å². The van der Waals surface area contributed by atoms with Gasteiger partial charge in [-0.1, -0.05) is 30.1 Å². The fourth-order valence-corrected chi connectivity index (χ4v) is 2.44. The molecule has 2 N–H and O–H groups in total. The van der Waals surface area contributed by atoms with Gasteiger partial charge in [0.1, 0.15) is 0 Å². The maximum atomic E-state index is 6.21. The normalized spacial score (nSPS) is 15.8. The van der Waals surface area contributed by atoms with Crippen LogP contribution in [0.3, 0.4) is 0 Å². The van der Waals surface area contributed by atoms with Gasteiger partial charge in [0.05, 0.1) is 16.7 Å². The number of ether oxygens (including phenoxy) is 1. The monoisotopic (exact) mass is 323 g/mol. The van der Waals surface area contributed by atoms with Crippen LogP contribution in [0, 0.1) is 5.92 Å². The molecule has 1 saturated carbocycles. The summed E-state index contributed by atoms with van der Waals surface area (Å²) in [5.41, 5.74) is 7.00. The number of hydrogen-bond donors (Lipinski definition) is 1. The number of rotatable bonds is 6. The van der Waals surface area contributed by atoms with E-state index in [4.69, 9.17) is 33.7 Å². The van der Waals surface area contributed by atoms with Crippen LogP contribution in [0.15, 0.2) is 12.1 Å². The minimum atomic E-state index is 0. The van der Waals surface area contributed by atoms with Crippen molar-refractivity contribution in [1.82, 2.24) is 0 Å². The number of hydrogen-bond acceptors (Lipinski definition) is 2. The smallest absolute Gasteiger partial charge is 0.156 e. The molecule has 0 heterocycles. The van der Waals surface area contributed by atoms with Crippen LogP contribution in [0.1, 0.15) is 31.7 Å². The third kappa shape index (κ3) is 5.03. The van der Waals surface area contributed by atoms with E-state index in [-0.39, 0.29) is 18.4 Å². The Labute approximate surface area is 131 Å². The van der Waals surface area contributed by atoms with E-state index < -0.39 is 0 Å². The lowest BCUT2D eigenvalue weighted by atomic mass is 10.0. The molecule has 1 aromatic rings. The third-order valence-electron chi connectivity index (χ3n) is 3.24. The van der Waals surface area contributed by atoms with Crippen LogP contribution in [-0.2, 0) is 6.42 Å². The molecule has 0 aliphatic heterocycles. The van der Waals surface area contributed by atoms with E-state index in [2.05, 4.69) is 6.92 Å². The van der Waals surface area contributed by atoms with Gasteiger partial charge in [-0.25, -0.2) is 0 Å². The van der Waals surface area contributed by atoms with Crippen LogP contribution in [0.4, 0.5) is 0 Å². The van der Waals surface area contributed by atoms with Gasteiger partial charge in [-0.3, -0.25) is 0 Å². The van der Waals surface area contributed by atoms with Crippen molar-refractivity contribution in [2.24, 2.45) is 11.7 Å². The summed E-state index contributed by atoms with van der Waals surface area (Å²) in [7, 11) is 0. The molecule has 2 rings (SSSR count). The highest BCUT2D eigenvalue weighted by Gasteiger charge is 2.23. The molecule has 1 aliphatic rings. The fraction of sp³-hybridized carbons (Fsp3) is 0.571. The van der Waals surface area contributed by atoms with Gasteiger partial charge in [0.25, 0.3) is 0 Å². The van der Waals surface area contributed by atoms with Crippen LogP contribution >= 0.6 is 35.6 Å². The van der Waals surface area contributed by atoms with Crippen molar-refractivity contribution in [1.29, 1.82) is 0 Å². The molecule has 19 heavy (non-hydrogen) atoms. The summed E-state index contributed by atoms with van der Waals surface area (Å²) in [5.74, 6) is 1.30. The number of halogens is 3. The largest absolute Gasteiger partial charge is 0.490 e. The molecule has 0 spiro atoms. The van der Waals surface area contributed by atoms with E-state index in [9.17, 15) is 0 Å². The third-order valence-corrected chi connectivity index (χ3v) is 3.80. The van der Waals surface area contributed by atoms with Crippen LogP contribution < -0.4 is 10.5 Å². The average molecular weight is 325 g/mol. The Balaban J connectivity index is 0.00000180. The first-order chi connectivity index (χ1) is 8.60. The van der Waals surface area contributed by atoms with Crippen LogP contribution in [0.5, 0.6) is 5.75 Å². The topological polar surface area (TPSA) is 35.2 Å². The second kappa shape index (κ2) is 7.58. The highest BCUT2D eigenvalue weighted by molar-refractivity contribution is 6.37. The molecule has 1 aliphatic carbocycles. The molecular weight excluding hydrogens is 305 g/mol. The standard InChI is InChI=1S/C14H19Cl2NO.ClH/c1-2-11(17)5-10-6-12(15)14(13(16)7-10)18-8-9-3-4-9;/h6-7,9,11H,2-5,8,17H2,1H3;1H. The highest BCUT2D eigenvalue weighted by atomic mass is 35.5. The van der Waals surface area contributed by atoms with Gasteiger partial charge < -0.3 is 10.5 Å². The van der Waals surface area contributed by atoms with Crippen LogP contribution in [0.25, 0.3) is 0 Å². The Bertz CT molecular complexity index is 398. The molecule has 0 radical (unpaired) electrons. The molecule has 0 saturated heterocycles. The summed E-state index contributed by atoms with van der Waals surface area (Å²) in [6, 6.07) is 3.96. The Morgan fingerprint density at radius 3 is 2.37 bits per heavy atom. The molecule has 1 aromatic carbocycles. The molecule has 1 fully saturated rings. The predicted molar refractivity (Wildman–Crippen MR) is 83.9 cm³/mol. The first kappa shape index (κ1) is 16.9. The van der Waals surface area contributed by atoms with Gasteiger partial charge in [-0.15, -0.1) is 12.4 Å². The lowest BCUT2D eigenvalue weighted by molar-refractivity contribution is 0.300. The number of nitrogens with two attached hydrogens (primary N) is 1. The highest BCUT2D eigenvalue weighted by Crippen LogP contribution is 2.37. The van der Waals surface area contributed by atoms with E-state index in [1.807, 2.05) is 12.1 Å². The molecule has 2 nitrogen and oxygen atoms in total. The first-order valence-electron chi connectivity index (χ1n) is 6.46. The summed E-state index contributed by atoms with van der Waals surface area (Å²) in [6.45, 7) is 2.79. The van der Waals surface area contributed by atoms with E-state index >= 15 is 0 Å². The molecule has 0 bridgehead atoms. The Hall–Kier alpha value is -0.150. The van der Waals surface area contributed by atoms with Crippen LogP contribution in [0.2, 0.25) is 10.0 Å². The first-order valence-corrected chi connectivity index (χ1v) is 7.22. The molecule has 0 amide bonds. The lowest BCUT2D eigenvalue weighted by Crippen LogP contribution is -2.21. The zero-order chi connectivity index (χ0) is 13.1. The SMILES string of the molecule is CCC(N)Cc1cc(Cl)c(OCC2CC2)c(Cl)c1.Cl. The van der Waals surface area contributed by atoms with Gasteiger partial charge >= 0.3 is 0 Å². The van der Waals surface area contributed by atoms with Crippen LogP contribution in [-0.4, -0.2) is 12.6 Å². The molecule has 1 unspecified atom stereocenters. The summed E-state index contributed by atoms with van der Waals surface area (Å²) in [5, 5.41) is 1.17. The number of benzene rings is 1. The van der Waals surface area contributed by atoms with E-state index in [1.54, 1.807) is 0 Å². The van der Waals surface area contributed by atoms with E-state index in [0.717, 1.165) is 18.4 Å². The Morgan fingerprint density at radius 1 is 1.32 bits per heavy atom. The minimum absolute atomic E-state index is 0. The van der Waals surface area contributed by atoms with Gasteiger partial charge in [0, 0.05) is 6.04 Å². The summed E-state index contributed by atoms with van der Waals surface area (Å²) >= 11 is 12.4. The molecule has 5 heteroatoms.